The first-order chi connectivity index (χ1) is 16.0. The number of nitrogens with zero attached hydrogens (tertiary/aromatic N) is 3. The topological polar surface area (TPSA) is 73.0 Å². The molecular weight excluding hydrogens is 449 g/mol. The van der Waals surface area contributed by atoms with Gasteiger partial charge in [-0.15, -0.1) is 0 Å². The molecule has 2 saturated heterocycles. The van der Waals surface area contributed by atoms with Gasteiger partial charge in [-0.3, -0.25) is 14.5 Å². The molecule has 4 rings (SSSR count). The van der Waals surface area contributed by atoms with E-state index in [-0.39, 0.29) is 19.0 Å². The fourth-order valence-electron chi connectivity index (χ4n) is 4.49. The van der Waals surface area contributed by atoms with Gasteiger partial charge in [-0.2, -0.15) is 13.2 Å². The predicted octanol–water partition coefficient (Wildman–Crippen LogP) is 3.13. The maximum atomic E-state index is 13.1. The van der Waals surface area contributed by atoms with E-state index in [2.05, 4.69) is 5.32 Å². The smallest absolute Gasteiger partial charge is 0.368 e. The number of nitrogens with one attached hydrogen (secondary N) is 1. The summed E-state index contributed by atoms with van der Waals surface area (Å²) < 4.78 is 39.0. The lowest BCUT2D eigenvalue weighted by Crippen LogP contribution is -2.52. The molecule has 0 aromatic heterocycles. The molecule has 34 heavy (non-hydrogen) atoms. The van der Waals surface area contributed by atoms with Crippen molar-refractivity contribution in [1.29, 1.82) is 0 Å². The number of alkyl halides is 3. The number of imide groups is 1. The van der Waals surface area contributed by atoms with Crippen LogP contribution in [0.15, 0.2) is 48.5 Å². The molecule has 0 aliphatic carbocycles. The molecule has 1 atom stereocenters. The van der Waals surface area contributed by atoms with Crippen LogP contribution in [0.2, 0.25) is 0 Å². The minimum absolute atomic E-state index is 0.272. The van der Waals surface area contributed by atoms with Crippen LogP contribution in [0.4, 0.5) is 23.7 Å². The maximum absolute atomic E-state index is 13.1. The van der Waals surface area contributed by atoms with Crippen molar-refractivity contribution in [2.24, 2.45) is 0 Å². The molecule has 0 radical (unpaired) electrons. The van der Waals surface area contributed by atoms with Gasteiger partial charge in [0, 0.05) is 31.9 Å². The second kappa shape index (κ2) is 8.66. The Morgan fingerprint density at radius 3 is 2.35 bits per heavy atom. The molecule has 1 N–H and O–H groups in total. The number of hydrogen-bond acceptors (Lipinski definition) is 4. The molecule has 4 amide bonds. The van der Waals surface area contributed by atoms with Gasteiger partial charge in [-0.25, -0.2) is 4.79 Å². The van der Waals surface area contributed by atoms with Crippen molar-refractivity contribution in [2.75, 3.05) is 37.6 Å². The van der Waals surface area contributed by atoms with E-state index in [1.165, 1.54) is 11.0 Å². The molecule has 2 aromatic carbocycles. The first-order valence-electron chi connectivity index (χ1n) is 10.9. The first-order valence-corrected chi connectivity index (χ1v) is 10.9. The van der Waals surface area contributed by atoms with Crippen LogP contribution >= 0.6 is 0 Å². The second-order valence-electron chi connectivity index (χ2n) is 8.68. The number of rotatable bonds is 4. The molecule has 2 fully saturated rings. The number of urea groups is 1. The van der Waals surface area contributed by atoms with E-state index in [4.69, 9.17) is 0 Å². The maximum Gasteiger partial charge on any atom is 0.416 e. The van der Waals surface area contributed by atoms with Crippen LogP contribution in [0.5, 0.6) is 0 Å². The Kier molecular flexibility index (Phi) is 6.01. The molecule has 0 spiro atoms. The SMILES string of the molecule is Cc1ccccc1C1(C)NC(=O)N(CC(=O)N2CCN(c3cccc(C(F)(F)F)c3)CC2)C1=O. The number of halogens is 3. The third-order valence-electron chi connectivity index (χ3n) is 6.42. The highest BCUT2D eigenvalue weighted by molar-refractivity contribution is 6.09. The quantitative estimate of drug-likeness (QED) is 0.692. The van der Waals surface area contributed by atoms with E-state index < -0.39 is 35.8 Å². The summed E-state index contributed by atoms with van der Waals surface area (Å²) >= 11 is 0. The predicted molar refractivity (Wildman–Crippen MR) is 119 cm³/mol. The molecule has 2 aliphatic heterocycles. The number of piperazine rings is 1. The summed E-state index contributed by atoms with van der Waals surface area (Å²) in [6.45, 7) is 4.30. The fraction of sp³-hybridized carbons (Fsp3) is 0.375. The summed E-state index contributed by atoms with van der Waals surface area (Å²) in [5.74, 6) is -0.885. The summed E-state index contributed by atoms with van der Waals surface area (Å²) in [5.41, 5.74) is -0.0374. The lowest BCUT2D eigenvalue weighted by atomic mass is 9.88. The van der Waals surface area contributed by atoms with Gasteiger partial charge in [-0.05, 0) is 43.2 Å². The average molecular weight is 474 g/mol. The molecule has 2 heterocycles. The average Bonchev–Trinajstić information content (AvgIpc) is 3.02. The number of aryl methyl sites for hydroxylation is 1. The molecular formula is C24H25F3N4O3. The van der Waals surface area contributed by atoms with Gasteiger partial charge in [0.25, 0.3) is 5.91 Å². The van der Waals surface area contributed by atoms with Crippen LogP contribution in [0.3, 0.4) is 0 Å². The minimum atomic E-state index is -4.43. The number of anilines is 1. The fourth-order valence-corrected chi connectivity index (χ4v) is 4.49. The Balaban J connectivity index is 1.40. The molecule has 10 heteroatoms. The monoisotopic (exact) mass is 474 g/mol. The van der Waals surface area contributed by atoms with Crippen LogP contribution in [-0.2, 0) is 21.3 Å². The van der Waals surface area contributed by atoms with Crippen LogP contribution < -0.4 is 10.2 Å². The lowest BCUT2D eigenvalue weighted by molar-refractivity contribution is -0.139. The van der Waals surface area contributed by atoms with Gasteiger partial charge in [0.05, 0.1) is 5.56 Å². The molecule has 1 unspecified atom stereocenters. The van der Waals surface area contributed by atoms with Crippen LogP contribution in [0.1, 0.15) is 23.6 Å². The van der Waals surface area contributed by atoms with Crippen LogP contribution in [0, 0.1) is 6.92 Å². The van der Waals surface area contributed by atoms with Gasteiger partial charge < -0.3 is 15.1 Å². The van der Waals surface area contributed by atoms with Gasteiger partial charge in [-0.1, -0.05) is 30.3 Å². The molecule has 180 valence electrons. The Labute approximate surface area is 195 Å². The van der Waals surface area contributed by atoms with Crippen molar-refractivity contribution in [1.82, 2.24) is 15.1 Å². The zero-order chi connectivity index (χ0) is 24.7. The Morgan fingerprint density at radius 2 is 1.71 bits per heavy atom. The van der Waals surface area contributed by atoms with Crippen LogP contribution in [0.25, 0.3) is 0 Å². The van der Waals surface area contributed by atoms with Gasteiger partial charge in [0.2, 0.25) is 5.91 Å². The van der Waals surface area contributed by atoms with E-state index in [1.54, 1.807) is 30.0 Å². The van der Waals surface area contributed by atoms with E-state index in [0.717, 1.165) is 22.6 Å². The lowest BCUT2D eigenvalue weighted by Gasteiger charge is -2.36. The zero-order valence-electron chi connectivity index (χ0n) is 18.9. The Hall–Kier alpha value is -3.56. The van der Waals surface area contributed by atoms with Crippen molar-refractivity contribution in [2.45, 2.75) is 25.6 Å². The van der Waals surface area contributed by atoms with Crippen molar-refractivity contribution in [3.8, 4) is 0 Å². The number of hydrogen-bond donors (Lipinski definition) is 1. The molecule has 2 aliphatic rings. The van der Waals surface area contributed by atoms with Gasteiger partial charge in [0.1, 0.15) is 12.1 Å². The van der Waals surface area contributed by atoms with Crippen molar-refractivity contribution < 1.29 is 27.6 Å². The largest absolute Gasteiger partial charge is 0.416 e. The van der Waals surface area contributed by atoms with E-state index in [9.17, 15) is 27.6 Å². The highest BCUT2D eigenvalue weighted by atomic mass is 19.4. The normalized spacial score (nSPS) is 21.1. The standard InChI is InChI=1S/C24H25F3N4O3/c1-16-6-3-4-9-19(16)23(2)21(33)31(22(34)28-23)15-20(32)30-12-10-29(11-13-30)18-8-5-7-17(14-18)24(25,26)27/h3-9,14H,10-13,15H2,1-2H3,(H,28,34). The summed E-state index contributed by atoms with van der Waals surface area (Å²) in [4.78, 5) is 42.8. The van der Waals surface area contributed by atoms with Gasteiger partial charge in [0.15, 0.2) is 0 Å². The molecule has 0 saturated carbocycles. The summed E-state index contributed by atoms with van der Waals surface area (Å²) in [7, 11) is 0. The molecule has 2 aromatic rings. The summed E-state index contributed by atoms with van der Waals surface area (Å²) in [6.07, 6.45) is -4.43. The number of carbonyl (C=O) groups excluding carboxylic acids is 3. The van der Waals surface area contributed by atoms with Crippen molar-refractivity contribution in [3.63, 3.8) is 0 Å². The highest BCUT2D eigenvalue weighted by Crippen LogP contribution is 2.32. The van der Waals surface area contributed by atoms with E-state index in [0.29, 0.717) is 24.3 Å². The Bertz CT molecular complexity index is 1130. The van der Waals surface area contributed by atoms with Gasteiger partial charge >= 0.3 is 12.2 Å². The van der Waals surface area contributed by atoms with E-state index >= 15 is 0 Å². The number of amides is 4. The minimum Gasteiger partial charge on any atom is -0.368 e. The number of benzene rings is 2. The van der Waals surface area contributed by atoms with Crippen LogP contribution in [-0.4, -0.2) is 60.4 Å². The zero-order valence-corrected chi connectivity index (χ0v) is 18.9. The third kappa shape index (κ3) is 4.32. The third-order valence-corrected chi connectivity index (χ3v) is 6.42. The summed E-state index contributed by atoms with van der Waals surface area (Å²) in [6, 6.07) is 11.7. The van der Waals surface area contributed by atoms with Crippen molar-refractivity contribution in [3.05, 3.63) is 65.2 Å². The molecule has 7 nitrogen and oxygen atoms in total. The number of carbonyl (C=O) groups is 3. The highest BCUT2D eigenvalue weighted by Gasteiger charge is 2.50. The summed E-state index contributed by atoms with van der Waals surface area (Å²) in [5, 5.41) is 2.71. The van der Waals surface area contributed by atoms with Crippen molar-refractivity contribution >= 4 is 23.5 Å². The van der Waals surface area contributed by atoms with E-state index in [1.807, 2.05) is 19.1 Å². The Morgan fingerprint density at radius 1 is 1.03 bits per heavy atom. The first kappa shape index (κ1) is 23.6. The molecule has 0 bridgehead atoms. The second-order valence-corrected chi connectivity index (χ2v) is 8.68.